The van der Waals surface area contributed by atoms with Crippen molar-refractivity contribution in [1.29, 1.82) is 0 Å². The van der Waals surface area contributed by atoms with Crippen molar-refractivity contribution in [3.8, 4) is 11.4 Å². The summed E-state index contributed by atoms with van der Waals surface area (Å²) < 4.78 is 48.9. The van der Waals surface area contributed by atoms with Gasteiger partial charge in [-0.05, 0) is 31.4 Å². The molecule has 1 aliphatic rings. The standard InChI is InChI=1S/C16H20FN3O4S/c1-11-3-4-12(9-14(11)17)16-18-15(24-19-16)10-23-13-5-7-20(8-6-13)25(2,21)22/h3-4,9,13H,5-8,10H2,1-2H3. The van der Waals surface area contributed by atoms with Crippen molar-refractivity contribution < 1.29 is 22.1 Å². The Bertz CT molecular complexity index is 845. The van der Waals surface area contributed by atoms with Gasteiger partial charge in [0.2, 0.25) is 15.8 Å². The van der Waals surface area contributed by atoms with Gasteiger partial charge in [-0.2, -0.15) is 4.98 Å². The Morgan fingerprint density at radius 3 is 2.72 bits per heavy atom. The highest BCUT2D eigenvalue weighted by molar-refractivity contribution is 7.88. The summed E-state index contributed by atoms with van der Waals surface area (Å²) in [4.78, 5) is 4.21. The van der Waals surface area contributed by atoms with E-state index < -0.39 is 10.0 Å². The minimum atomic E-state index is -3.14. The van der Waals surface area contributed by atoms with Crippen LogP contribution in [0.3, 0.4) is 0 Å². The minimum Gasteiger partial charge on any atom is -0.368 e. The van der Waals surface area contributed by atoms with E-state index in [4.69, 9.17) is 9.26 Å². The Hall–Kier alpha value is -1.84. The molecule has 0 N–H and O–H groups in total. The van der Waals surface area contributed by atoms with Gasteiger partial charge >= 0.3 is 0 Å². The van der Waals surface area contributed by atoms with E-state index in [0.29, 0.717) is 48.8 Å². The SMILES string of the molecule is Cc1ccc(-c2noc(COC3CCN(S(C)(=O)=O)CC3)n2)cc1F. The number of hydrogen-bond donors (Lipinski definition) is 0. The lowest BCUT2D eigenvalue weighted by atomic mass is 10.1. The lowest BCUT2D eigenvalue weighted by Gasteiger charge is -2.29. The Labute approximate surface area is 145 Å². The van der Waals surface area contributed by atoms with Gasteiger partial charge in [-0.25, -0.2) is 17.1 Å². The van der Waals surface area contributed by atoms with E-state index in [0.717, 1.165) is 0 Å². The number of piperidine rings is 1. The number of ether oxygens (including phenoxy) is 1. The molecule has 1 saturated heterocycles. The fourth-order valence-electron chi connectivity index (χ4n) is 2.68. The maximum absolute atomic E-state index is 13.6. The molecular weight excluding hydrogens is 349 g/mol. The Balaban J connectivity index is 1.55. The first-order valence-electron chi connectivity index (χ1n) is 7.99. The van der Waals surface area contributed by atoms with E-state index in [2.05, 4.69) is 10.1 Å². The number of hydrogen-bond acceptors (Lipinski definition) is 6. The Morgan fingerprint density at radius 1 is 1.36 bits per heavy atom. The molecule has 0 radical (unpaired) electrons. The summed E-state index contributed by atoms with van der Waals surface area (Å²) in [6.07, 6.45) is 2.40. The van der Waals surface area contributed by atoms with Gasteiger partial charge in [-0.1, -0.05) is 17.3 Å². The molecule has 1 aliphatic heterocycles. The maximum atomic E-state index is 13.6. The number of sulfonamides is 1. The summed E-state index contributed by atoms with van der Waals surface area (Å²) in [7, 11) is -3.14. The molecular formula is C16H20FN3O4S. The van der Waals surface area contributed by atoms with E-state index in [9.17, 15) is 12.8 Å². The van der Waals surface area contributed by atoms with Crippen LogP contribution in [0.1, 0.15) is 24.3 Å². The predicted molar refractivity (Wildman–Crippen MR) is 88.7 cm³/mol. The third-order valence-electron chi connectivity index (χ3n) is 4.21. The topological polar surface area (TPSA) is 85.5 Å². The minimum absolute atomic E-state index is 0.0508. The smallest absolute Gasteiger partial charge is 0.252 e. The molecule has 0 unspecified atom stereocenters. The maximum Gasteiger partial charge on any atom is 0.252 e. The molecule has 7 nitrogen and oxygen atoms in total. The van der Waals surface area contributed by atoms with Crippen LogP contribution in [-0.2, 0) is 21.4 Å². The van der Waals surface area contributed by atoms with E-state index >= 15 is 0 Å². The van der Waals surface area contributed by atoms with Gasteiger partial charge < -0.3 is 9.26 Å². The number of rotatable bonds is 5. The molecule has 1 aromatic carbocycles. The molecule has 0 amide bonds. The second-order valence-electron chi connectivity index (χ2n) is 6.15. The van der Waals surface area contributed by atoms with Crippen LogP contribution in [0.5, 0.6) is 0 Å². The third-order valence-corrected chi connectivity index (χ3v) is 5.51. The van der Waals surface area contributed by atoms with Crippen molar-refractivity contribution in [2.45, 2.75) is 32.5 Å². The van der Waals surface area contributed by atoms with Crippen LogP contribution in [0, 0.1) is 12.7 Å². The van der Waals surface area contributed by atoms with Crippen LogP contribution in [0.4, 0.5) is 4.39 Å². The number of nitrogens with zero attached hydrogens (tertiary/aromatic N) is 3. The molecule has 0 aliphatic carbocycles. The quantitative estimate of drug-likeness (QED) is 0.803. The van der Waals surface area contributed by atoms with Gasteiger partial charge in [0.15, 0.2) is 0 Å². The molecule has 0 saturated carbocycles. The molecule has 25 heavy (non-hydrogen) atoms. The monoisotopic (exact) mass is 369 g/mol. The van der Waals surface area contributed by atoms with E-state index in [1.165, 1.54) is 16.6 Å². The first kappa shape index (κ1) is 18.0. The van der Waals surface area contributed by atoms with Crippen molar-refractivity contribution in [1.82, 2.24) is 14.4 Å². The third kappa shape index (κ3) is 4.42. The van der Waals surface area contributed by atoms with Crippen molar-refractivity contribution >= 4 is 10.0 Å². The predicted octanol–water partition coefficient (Wildman–Crippen LogP) is 2.12. The second-order valence-corrected chi connectivity index (χ2v) is 8.13. The normalized spacial score (nSPS) is 17.1. The van der Waals surface area contributed by atoms with E-state index in [-0.39, 0.29) is 18.5 Å². The molecule has 0 atom stereocenters. The fourth-order valence-corrected chi connectivity index (χ4v) is 3.56. The molecule has 1 aromatic heterocycles. The van der Waals surface area contributed by atoms with Crippen LogP contribution in [0.25, 0.3) is 11.4 Å². The van der Waals surface area contributed by atoms with Crippen molar-refractivity contribution in [3.05, 3.63) is 35.5 Å². The summed E-state index contributed by atoms with van der Waals surface area (Å²) in [5.74, 6) is 0.295. The highest BCUT2D eigenvalue weighted by Crippen LogP contribution is 2.21. The molecule has 0 bridgehead atoms. The Kier molecular flexibility index (Phi) is 5.16. The first-order chi connectivity index (χ1) is 11.8. The summed E-state index contributed by atoms with van der Waals surface area (Å²) >= 11 is 0. The second kappa shape index (κ2) is 7.19. The van der Waals surface area contributed by atoms with Crippen LogP contribution in [0.2, 0.25) is 0 Å². The van der Waals surface area contributed by atoms with Gasteiger partial charge in [0.05, 0.1) is 12.4 Å². The van der Waals surface area contributed by atoms with Crippen molar-refractivity contribution in [3.63, 3.8) is 0 Å². The highest BCUT2D eigenvalue weighted by atomic mass is 32.2. The zero-order chi connectivity index (χ0) is 18.0. The highest BCUT2D eigenvalue weighted by Gasteiger charge is 2.25. The van der Waals surface area contributed by atoms with Crippen molar-refractivity contribution in [2.75, 3.05) is 19.3 Å². The summed E-state index contributed by atoms with van der Waals surface area (Å²) in [5, 5.41) is 3.84. The molecule has 0 spiro atoms. The van der Waals surface area contributed by atoms with Gasteiger partial charge in [0.25, 0.3) is 5.89 Å². The molecule has 3 rings (SSSR count). The Morgan fingerprint density at radius 2 is 2.08 bits per heavy atom. The molecule has 136 valence electrons. The molecule has 2 heterocycles. The number of aromatic nitrogens is 2. The van der Waals surface area contributed by atoms with Gasteiger partial charge in [-0.3, -0.25) is 0 Å². The van der Waals surface area contributed by atoms with Crippen LogP contribution >= 0.6 is 0 Å². The zero-order valence-electron chi connectivity index (χ0n) is 14.1. The summed E-state index contributed by atoms with van der Waals surface area (Å²) in [5.41, 5.74) is 1.09. The van der Waals surface area contributed by atoms with Crippen LogP contribution in [-0.4, -0.2) is 48.3 Å². The molecule has 2 aromatic rings. The molecule has 1 fully saturated rings. The fraction of sp³-hybridized carbons (Fsp3) is 0.500. The summed E-state index contributed by atoms with van der Waals surface area (Å²) in [6.45, 7) is 2.72. The zero-order valence-corrected chi connectivity index (χ0v) is 14.9. The van der Waals surface area contributed by atoms with E-state index in [1.54, 1.807) is 19.1 Å². The summed E-state index contributed by atoms with van der Waals surface area (Å²) in [6, 6.07) is 4.76. The number of halogens is 1. The first-order valence-corrected chi connectivity index (χ1v) is 9.83. The lowest BCUT2D eigenvalue weighted by molar-refractivity contribution is -0.00111. The largest absolute Gasteiger partial charge is 0.368 e. The van der Waals surface area contributed by atoms with Gasteiger partial charge in [0, 0.05) is 18.7 Å². The average molecular weight is 369 g/mol. The van der Waals surface area contributed by atoms with Crippen LogP contribution < -0.4 is 0 Å². The number of benzene rings is 1. The number of aryl methyl sites for hydroxylation is 1. The molecule has 9 heteroatoms. The average Bonchev–Trinajstić information content (AvgIpc) is 3.04. The van der Waals surface area contributed by atoms with Gasteiger partial charge in [0.1, 0.15) is 12.4 Å². The lowest BCUT2D eigenvalue weighted by Crippen LogP contribution is -2.40. The van der Waals surface area contributed by atoms with Gasteiger partial charge in [-0.15, -0.1) is 0 Å². The van der Waals surface area contributed by atoms with E-state index in [1.807, 2.05) is 0 Å². The van der Waals surface area contributed by atoms with Crippen LogP contribution in [0.15, 0.2) is 22.7 Å². The van der Waals surface area contributed by atoms with Crippen molar-refractivity contribution in [2.24, 2.45) is 0 Å².